The highest BCUT2D eigenvalue weighted by Crippen LogP contribution is 2.23. The zero-order valence-corrected chi connectivity index (χ0v) is 15.4. The molecule has 0 fully saturated rings. The normalized spacial score (nSPS) is 14.0. The van der Waals surface area contributed by atoms with E-state index in [2.05, 4.69) is 54.8 Å². The van der Waals surface area contributed by atoms with Gasteiger partial charge in [-0.1, -0.05) is 37.2 Å². The van der Waals surface area contributed by atoms with Gasteiger partial charge >= 0.3 is 0 Å². The Balaban J connectivity index is 1.60. The molecule has 2 N–H and O–H groups in total. The number of aliphatic imine (C=N–C) groups is 1. The van der Waals surface area contributed by atoms with Crippen LogP contribution in [-0.4, -0.2) is 17.7 Å². The van der Waals surface area contributed by atoms with Crippen molar-refractivity contribution in [2.24, 2.45) is 4.99 Å². The first-order valence-corrected chi connectivity index (χ1v) is 9.24. The van der Waals surface area contributed by atoms with E-state index in [1.807, 2.05) is 6.07 Å². The molecule has 0 bridgehead atoms. The smallest absolute Gasteiger partial charge is 0.191 e. The van der Waals surface area contributed by atoms with Crippen molar-refractivity contribution in [1.29, 1.82) is 0 Å². The molecule has 5 heteroatoms. The fraction of sp³-hybridized carbons (Fsp3) is 0.500. The number of nitrogens with one attached hydrogen (secondary N) is 2. The molecule has 3 rings (SSSR count). The van der Waals surface area contributed by atoms with E-state index in [1.165, 1.54) is 36.0 Å². The lowest BCUT2D eigenvalue weighted by atomic mass is 10.1. The van der Waals surface area contributed by atoms with E-state index in [0.29, 0.717) is 19.0 Å². The Kier molecular flexibility index (Phi) is 5.74. The van der Waals surface area contributed by atoms with E-state index in [-0.39, 0.29) is 0 Å². The van der Waals surface area contributed by atoms with Gasteiger partial charge in [0.25, 0.3) is 0 Å². The zero-order chi connectivity index (χ0) is 17.6. The summed E-state index contributed by atoms with van der Waals surface area (Å²) >= 11 is 0. The summed E-state index contributed by atoms with van der Waals surface area (Å²) in [5, 5.41) is 10.7. The average Bonchev–Trinajstić information content (AvgIpc) is 3.25. The minimum atomic E-state index is 0.374. The molecule has 0 radical (unpaired) electrons. The Labute approximate surface area is 149 Å². The van der Waals surface area contributed by atoms with Gasteiger partial charge in [-0.25, -0.2) is 4.99 Å². The second kappa shape index (κ2) is 8.19. The van der Waals surface area contributed by atoms with Gasteiger partial charge in [-0.3, -0.25) is 0 Å². The van der Waals surface area contributed by atoms with Crippen LogP contribution < -0.4 is 10.6 Å². The predicted molar refractivity (Wildman–Crippen MR) is 101 cm³/mol. The van der Waals surface area contributed by atoms with Crippen LogP contribution in [0.1, 0.15) is 61.3 Å². The third-order valence-corrected chi connectivity index (χ3v) is 4.53. The van der Waals surface area contributed by atoms with E-state index >= 15 is 0 Å². The van der Waals surface area contributed by atoms with E-state index in [0.717, 1.165) is 24.0 Å². The van der Waals surface area contributed by atoms with Crippen LogP contribution in [0.2, 0.25) is 0 Å². The molecular formula is C20H28N4O. The first-order valence-electron chi connectivity index (χ1n) is 9.24. The molecule has 0 atom stereocenters. The number of hydrogen-bond donors (Lipinski definition) is 2. The van der Waals surface area contributed by atoms with Crippen LogP contribution in [0.4, 0.5) is 0 Å². The molecule has 1 aliphatic rings. The number of fused-ring (bicyclic) bond motifs is 1. The molecule has 0 saturated heterocycles. The number of hydrogen-bond acceptors (Lipinski definition) is 3. The second-order valence-electron chi connectivity index (χ2n) is 6.88. The van der Waals surface area contributed by atoms with Gasteiger partial charge in [-0.2, -0.15) is 0 Å². The topological polar surface area (TPSA) is 62.5 Å². The quantitative estimate of drug-likeness (QED) is 0.624. The Hall–Kier alpha value is -2.30. The monoisotopic (exact) mass is 340 g/mol. The van der Waals surface area contributed by atoms with Crippen molar-refractivity contribution in [3.63, 3.8) is 0 Å². The van der Waals surface area contributed by atoms with Gasteiger partial charge in [0.05, 0.1) is 18.8 Å². The third kappa shape index (κ3) is 4.62. The SMILES string of the molecule is CCNC(=NCc1ccc2c(c1)CCC2)NCc1cc(C(C)C)no1. The molecule has 134 valence electrons. The molecule has 0 amide bonds. The Morgan fingerprint density at radius 3 is 2.80 bits per heavy atom. The van der Waals surface area contributed by atoms with Gasteiger partial charge in [0, 0.05) is 12.6 Å². The molecule has 2 aromatic rings. The fourth-order valence-corrected chi connectivity index (χ4v) is 3.09. The van der Waals surface area contributed by atoms with Crippen molar-refractivity contribution in [2.45, 2.75) is 59.0 Å². The van der Waals surface area contributed by atoms with Crippen LogP contribution in [0.15, 0.2) is 33.8 Å². The van der Waals surface area contributed by atoms with Gasteiger partial charge in [-0.05, 0) is 48.8 Å². The lowest BCUT2D eigenvalue weighted by molar-refractivity contribution is 0.372. The van der Waals surface area contributed by atoms with Crippen molar-refractivity contribution in [2.75, 3.05) is 6.54 Å². The van der Waals surface area contributed by atoms with Crippen LogP contribution in [0.5, 0.6) is 0 Å². The van der Waals surface area contributed by atoms with Gasteiger partial charge in [0.2, 0.25) is 0 Å². The largest absolute Gasteiger partial charge is 0.359 e. The second-order valence-corrected chi connectivity index (χ2v) is 6.88. The first kappa shape index (κ1) is 17.5. The summed E-state index contributed by atoms with van der Waals surface area (Å²) in [7, 11) is 0. The van der Waals surface area contributed by atoms with Crippen molar-refractivity contribution < 1.29 is 4.52 Å². The fourth-order valence-electron chi connectivity index (χ4n) is 3.09. The molecule has 1 aromatic carbocycles. The van der Waals surface area contributed by atoms with E-state index in [1.54, 1.807) is 0 Å². The van der Waals surface area contributed by atoms with Crippen molar-refractivity contribution in [3.05, 3.63) is 52.4 Å². The standard InChI is InChI=1S/C20H28N4O/c1-4-21-20(23-13-18-11-19(14(2)3)24-25-18)22-12-15-8-9-16-6-5-7-17(16)10-15/h8-11,14H,4-7,12-13H2,1-3H3,(H2,21,22,23). The number of benzene rings is 1. The summed E-state index contributed by atoms with van der Waals surface area (Å²) in [4.78, 5) is 4.70. The highest BCUT2D eigenvalue weighted by Gasteiger charge is 2.11. The summed E-state index contributed by atoms with van der Waals surface area (Å²) in [6, 6.07) is 8.76. The number of aryl methyl sites for hydroxylation is 2. The molecule has 0 spiro atoms. The Morgan fingerprint density at radius 1 is 1.20 bits per heavy atom. The van der Waals surface area contributed by atoms with Crippen molar-refractivity contribution >= 4 is 5.96 Å². The van der Waals surface area contributed by atoms with Gasteiger partial charge < -0.3 is 15.2 Å². The van der Waals surface area contributed by atoms with Gasteiger partial charge in [-0.15, -0.1) is 0 Å². The Morgan fingerprint density at radius 2 is 2.04 bits per heavy atom. The average molecular weight is 340 g/mol. The lowest BCUT2D eigenvalue weighted by Gasteiger charge is -2.10. The van der Waals surface area contributed by atoms with E-state index < -0.39 is 0 Å². The van der Waals surface area contributed by atoms with Gasteiger partial charge in [0.15, 0.2) is 11.7 Å². The predicted octanol–water partition coefficient (Wildman–Crippen LogP) is 3.54. The zero-order valence-electron chi connectivity index (χ0n) is 15.4. The van der Waals surface area contributed by atoms with Crippen LogP contribution >= 0.6 is 0 Å². The molecule has 1 aliphatic carbocycles. The maximum atomic E-state index is 5.37. The lowest BCUT2D eigenvalue weighted by Crippen LogP contribution is -2.36. The number of nitrogens with zero attached hydrogens (tertiary/aromatic N) is 2. The van der Waals surface area contributed by atoms with Crippen LogP contribution in [-0.2, 0) is 25.9 Å². The van der Waals surface area contributed by atoms with Crippen LogP contribution in [0.3, 0.4) is 0 Å². The number of rotatable bonds is 6. The van der Waals surface area contributed by atoms with Crippen molar-refractivity contribution in [3.8, 4) is 0 Å². The van der Waals surface area contributed by atoms with E-state index in [4.69, 9.17) is 9.52 Å². The minimum Gasteiger partial charge on any atom is -0.359 e. The van der Waals surface area contributed by atoms with Crippen LogP contribution in [0, 0.1) is 0 Å². The highest BCUT2D eigenvalue weighted by atomic mass is 16.5. The minimum absolute atomic E-state index is 0.374. The summed E-state index contributed by atoms with van der Waals surface area (Å²) < 4.78 is 5.37. The van der Waals surface area contributed by atoms with E-state index in [9.17, 15) is 0 Å². The summed E-state index contributed by atoms with van der Waals surface area (Å²) in [6.45, 7) is 8.36. The first-order chi connectivity index (χ1) is 12.2. The van der Waals surface area contributed by atoms with Crippen molar-refractivity contribution in [1.82, 2.24) is 15.8 Å². The maximum Gasteiger partial charge on any atom is 0.191 e. The number of guanidine groups is 1. The maximum absolute atomic E-state index is 5.37. The molecule has 25 heavy (non-hydrogen) atoms. The summed E-state index contributed by atoms with van der Waals surface area (Å²) in [6.07, 6.45) is 3.70. The third-order valence-electron chi connectivity index (χ3n) is 4.53. The Bertz CT molecular complexity index is 733. The molecule has 1 aromatic heterocycles. The molecule has 0 unspecified atom stereocenters. The molecule has 1 heterocycles. The summed E-state index contributed by atoms with van der Waals surface area (Å²) in [5.41, 5.74) is 5.24. The molecule has 0 saturated carbocycles. The molecule has 5 nitrogen and oxygen atoms in total. The molecular weight excluding hydrogens is 312 g/mol. The van der Waals surface area contributed by atoms with Crippen LogP contribution in [0.25, 0.3) is 0 Å². The van der Waals surface area contributed by atoms with Gasteiger partial charge in [0.1, 0.15) is 0 Å². The number of aromatic nitrogens is 1. The molecule has 0 aliphatic heterocycles. The summed E-state index contributed by atoms with van der Waals surface area (Å²) in [5.74, 6) is 2.00. The highest BCUT2D eigenvalue weighted by molar-refractivity contribution is 5.79.